The lowest BCUT2D eigenvalue weighted by atomic mass is 9.79. The Labute approximate surface area is 156 Å². The summed E-state index contributed by atoms with van der Waals surface area (Å²) >= 11 is 0. The zero-order chi connectivity index (χ0) is 18.0. The first-order valence-corrected chi connectivity index (χ1v) is 10.5. The fourth-order valence-corrected chi connectivity index (χ4v) is 5.17. The molecule has 26 heavy (non-hydrogen) atoms. The minimum Gasteiger partial charge on any atom is -0.354 e. The van der Waals surface area contributed by atoms with Gasteiger partial charge in [0.25, 0.3) is 0 Å². The number of likely N-dealkylation sites (tertiary alicyclic amines) is 1. The molecule has 1 aromatic carbocycles. The molecule has 0 aromatic heterocycles. The second-order valence-electron chi connectivity index (χ2n) is 8.52. The number of benzene rings is 1. The Morgan fingerprint density at radius 1 is 1.08 bits per heavy atom. The van der Waals surface area contributed by atoms with Gasteiger partial charge in [-0.15, -0.1) is 0 Å². The van der Waals surface area contributed by atoms with E-state index in [0.29, 0.717) is 5.56 Å². The zero-order valence-electron chi connectivity index (χ0n) is 15.7. The largest absolute Gasteiger partial charge is 0.354 e. The molecule has 2 saturated carbocycles. The monoisotopic (exact) mass is 358 g/mol. The SMILES string of the molecule is O=C(NCC1(N2CCCCC2)CCCCC1)C1CC1c1ccccc1F. The molecule has 3 aliphatic rings. The van der Waals surface area contributed by atoms with Gasteiger partial charge in [-0.05, 0) is 62.7 Å². The second-order valence-corrected chi connectivity index (χ2v) is 8.52. The Hall–Kier alpha value is -1.42. The Kier molecular flexibility index (Phi) is 5.30. The molecular weight excluding hydrogens is 327 g/mol. The first-order chi connectivity index (χ1) is 12.7. The predicted octanol–water partition coefficient (Wildman–Crippen LogP) is 4.23. The summed E-state index contributed by atoms with van der Waals surface area (Å²) in [6.07, 6.45) is 11.0. The van der Waals surface area contributed by atoms with Gasteiger partial charge < -0.3 is 5.32 Å². The highest BCUT2D eigenvalue weighted by Crippen LogP contribution is 2.48. The third-order valence-electron chi connectivity index (χ3n) is 6.83. The van der Waals surface area contributed by atoms with Crippen molar-refractivity contribution in [1.82, 2.24) is 10.2 Å². The smallest absolute Gasteiger partial charge is 0.223 e. The van der Waals surface area contributed by atoms with Crippen LogP contribution in [0.15, 0.2) is 24.3 Å². The molecule has 3 nitrogen and oxygen atoms in total. The van der Waals surface area contributed by atoms with Gasteiger partial charge in [0.1, 0.15) is 5.82 Å². The number of carbonyl (C=O) groups excluding carboxylic acids is 1. The number of rotatable bonds is 5. The normalized spacial score (nSPS) is 28.5. The van der Waals surface area contributed by atoms with E-state index in [9.17, 15) is 9.18 Å². The Bertz CT molecular complexity index is 635. The summed E-state index contributed by atoms with van der Waals surface area (Å²) in [5.74, 6) is -0.0348. The topological polar surface area (TPSA) is 32.3 Å². The number of piperidine rings is 1. The molecule has 4 rings (SSSR count). The van der Waals surface area contributed by atoms with Gasteiger partial charge in [-0.3, -0.25) is 9.69 Å². The number of hydrogen-bond acceptors (Lipinski definition) is 2. The second kappa shape index (κ2) is 7.67. The van der Waals surface area contributed by atoms with Gasteiger partial charge in [0.05, 0.1) is 0 Å². The van der Waals surface area contributed by atoms with Crippen LogP contribution in [-0.2, 0) is 4.79 Å². The summed E-state index contributed by atoms with van der Waals surface area (Å²) in [6.45, 7) is 3.13. The molecule has 1 heterocycles. The van der Waals surface area contributed by atoms with E-state index in [0.717, 1.165) is 13.0 Å². The van der Waals surface area contributed by atoms with E-state index in [1.165, 1.54) is 70.5 Å². The molecule has 1 aliphatic heterocycles. The number of halogens is 1. The van der Waals surface area contributed by atoms with Crippen LogP contribution in [-0.4, -0.2) is 36.0 Å². The van der Waals surface area contributed by atoms with Gasteiger partial charge in [-0.2, -0.15) is 0 Å². The molecule has 1 N–H and O–H groups in total. The lowest BCUT2D eigenvalue weighted by Gasteiger charge is -2.48. The summed E-state index contributed by atoms with van der Waals surface area (Å²) in [6, 6.07) is 6.89. The van der Waals surface area contributed by atoms with Crippen molar-refractivity contribution in [3.63, 3.8) is 0 Å². The van der Waals surface area contributed by atoms with Crippen LogP contribution < -0.4 is 5.32 Å². The standard InChI is InChI=1S/C22H31FN2O/c23-20-10-4-3-9-17(20)18-15-19(18)21(26)24-16-22(11-5-1-6-12-22)25-13-7-2-8-14-25/h3-4,9-10,18-19H,1-2,5-8,11-16H2,(H,24,26). The molecule has 0 bridgehead atoms. The number of nitrogens with zero attached hydrogens (tertiary/aromatic N) is 1. The van der Waals surface area contributed by atoms with Crippen molar-refractivity contribution in [2.24, 2.45) is 5.92 Å². The van der Waals surface area contributed by atoms with Crippen LogP contribution in [0.25, 0.3) is 0 Å². The van der Waals surface area contributed by atoms with Crippen molar-refractivity contribution in [3.05, 3.63) is 35.6 Å². The summed E-state index contributed by atoms with van der Waals surface area (Å²) in [7, 11) is 0. The van der Waals surface area contributed by atoms with Crippen molar-refractivity contribution in [2.45, 2.75) is 69.2 Å². The molecule has 2 unspecified atom stereocenters. The molecule has 3 fully saturated rings. The fraction of sp³-hybridized carbons (Fsp3) is 0.682. The summed E-state index contributed by atoms with van der Waals surface area (Å²) in [4.78, 5) is 15.4. The van der Waals surface area contributed by atoms with Crippen LogP contribution in [0.4, 0.5) is 4.39 Å². The maximum absolute atomic E-state index is 14.0. The molecule has 1 amide bonds. The van der Waals surface area contributed by atoms with E-state index in [1.807, 2.05) is 12.1 Å². The average molecular weight is 359 g/mol. The van der Waals surface area contributed by atoms with Crippen LogP contribution >= 0.6 is 0 Å². The van der Waals surface area contributed by atoms with Gasteiger partial charge in [-0.1, -0.05) is 43.9 Å². The van der Waals surface area contributed by atoms with Gasteiger partial charge in [0.15, 0.2) is 0 Å². The van der Waals surface area contributed by atoms with Crippen LogP contribution in [0.5, 0.6) is 0 Å². The molecular formula is C22H31FN2O. The fourth-order valence-electron chi connectivity index (χ4n) is 5.17. The van der Waals surface area contributed by atoms with Crippen molar-refractivity contribution in [3.8, 4) is 0 Å². The van der Waals surface area contributed by atoms with E-state index in [-0.39, 0.29) is 29.1 Å². The molecule has 0 radical (unpaired) electrons. The maximum Gasteiger partial charge on any atom is 0.223 e. The average Bonchev–Trinajstić information content (AvgIpc) is 3.49. The van der Waals surface area contributed by atoms with Gasteiger partial charge in [0.2, 0.25) is 5.91 Å². The van der Waals surface area contributed by atoms with E-state index < -0.39 is 0 Å². The van der Waals surface area contributed by atoms with E-state index >= 15 is 0 Å². The van der Waals surface area contributed by atoms with Crippen molar-refractivity contribution < 1.29 is 9.18 Å². The number of hydrogen-bond donors (Lipinski definition) is 1. The molecule has 4 heteroatoms. The number of amides is 1. The first kappa shape index (κ1) is 18.0. The van der Waals surface area contributed by atoms with Gasteiger partial charge in [0, 0.05) is 18.0 Å². The minimum atomic E-state index is -0.176. The summed E-state index contributed by atoms with van der Waals surface area (Å²) < 4.78 is 14.0. The molecule has 142 valence electrons. The molecule has 2 atom stereocenters. The minimum absolute atomic E-state index is 0.0473. The zero-order valence-corrected chi connectivity index (χ0v) is 15.7. The quantitative estimate of drug-likeness (QED) is 0.854. The third kappa shape index (κ3) is 3.66. The summed E-state index contributed by atoms with van der Waals surface area (Å²) in [5, 5.41) is 3.27. The molecule has 0 spiro atoms. The van der Waals surface area contributed by atoms with E-state index in [2.05, 4.69) is 10.2 Å². The number of carbonyl (C=O) groups is 1. The van der Waals surface area contributed by atoms with E-state index in [4.69, 9.17) is 0 Å². The van der Waals surface area contributed by atoms with Crippen LogP contribution in [0.1, 0.15) is 69.3 Å². The first-order valence-electron chi connectivity index (χ1n) is 10.5. The van der Waals surface area contributed by atoms with E-state index in [1.54, 1.807) is 6.07 Å². The highest BCUT2D eigenvalue weighted by molar-refractivity contribution is 5.83. The van der Waals surface area contributed by atoms with Crippen molar-refractivity contribution >= 4 is 5.91 Å². The third-order valence-corrected chi connectivity index (χ3v) is 6.83. The molecule has 1 aromatic rings. The highest BCUT2D eigenvalue weighted by Gasteiger charge is 2.46. The van der Waals surface area contributed by atoms with Crippen molar-refractivity contribution in [2.75, 3.05) is 19.6 Å². The van der Waals surface area contributed by atoms with Crippen LogP contribution in [0.3, 0.4) is 0 Å². The lowest BCUT2D eigenvalue weighted by Crippen LogP contribution is -2.58. The maximum atomic E-state index is 14.0. The van der Waals surface area contributed by atoms with Gasteiger partial charge in [-0.25, -0.2) is 4.39 Å². The highest BCUT2D eigenvalue weighted by atomic mass is 19.1. The summed E-state index contributed by atoms with van der Waals surface area (Å²) in [5.41, 5.74) is 0.868. The Morgan fingerprint density at radius 2 is 1.77 bits per heavy atom. The van der Waals surface area contributed by atoms with Crippen LogP contribution in [0.2, 0.25) is 0 Å². The Balaban J connectivity index is 1.37. The number of nitrogens with one attached hydrogen (secondary N) is 1. The Morgan fingerprint density at radius 3 is 2.50 bits per heavy atom. The van der Waals surface area contributed by atoms with Crippen LogP contribution in [0, 0.1) is 11.7 Å². The molecule has 2 aliphatic carbocycles. The lowest BCUT2D eigenvalue weighted by molar-refractivity contribution is -0.123. The predicted molar refractivity (Wildman–Crippen MR) is 101 cm³/mol. The van der Waals surface area contributed by atoms with Crippen molar-refractivity contribution in [1.29, 1.82) is 0 Å². The van der Waals surface area contributed by atoms with Gasteiger partial charge >= 0.3 is 0 Å². The molecule has 1 saturated heterocycles.